The number of aromatic nitrogens is 2. The Labute approximate surface area is 110 Å². The quantitative estimate of drug-likeness (QED) is 0.855. The largest absolute Gasteiger partial charge is 0.370 e. The lowest BCUT2D eigenvalue weighted by Crippen LogP contribution is -2.16. The van der Waals surface area contributed by atoms with Crippen LogP contribution in [0.5, 0.6) is 0 Å². The van der Waals surface area contributed by atoms with Gasteiger partial charge in [-0.25, -0.2) is 9.97 Å². The van der Waals surface area contributed by atoms with Gasteiger partial charge in [-0.2, -0.15) is 0 Å². The van der Waals surface area contributed by atoms with Crippen LogP contribution in [0.25, 0.3) is 0 Å². The van der Waals surface area contributed by atoms with E-state index < -0.39 is 0 Å². The highest BCUT2D eigenvalue weighted by atomic mass is 15.0. The lowest BCUT2D eigenvalue weighted by molar-refractivity contribution is 0.307. The van der Waals surface area contributed by atoms with Crippen molar-refractivity contribution in [2.75, 3.05) is 11.9 Å². The van der Waals surface area contributed by atoms with E-state index in [0.29, 0.717) is 5.92 Å². The van der Waals surface area contributed by atoms with Gasteiger partial charge in [0.1, 0.15) is 11.6 Å². The van der Waals surface area contributed by atoms with E-state index >= 15 is 0 Å². The molecule has 2 unspecified atom stereocenters. The highest BCUT2D eigenvalue weighted by Gasteiger charge is 2.24. The molecule has 1 saturated carbocycles. The van der Waals surface area contributed by atoms with Crippen molar-refractivity contribution in [1.29, 1.82) is 0 Å². The summed E-state index contributed by atoms with van der Waals surface area (Å²) in [6.45, 7) is 5.45. The molecule has 18 heavy (non-hydrogen) atoms. The third-order valence-corrected chi connectivity index (χ3v) is 3.96. The maximum Gasteiger partial charge on any atom is 0.133 e. The molecule has 100 valence electrons. The van der Waals surface area contributed by atoms with Crippen molar-refractivity contribution >= 4 is 5.82 Å². The lowest BCUT2D eigenvalue weighted by Gasteiger charge is -2.27. The summed E-state index contributed by atoms with van der Waals surface area (Å²) in [7, 11) is 0. The minimum atomic E-state index is 0.576. The van der Waals surface area contributed by atoms with E-state index in [4.69, 9.17) is 0 Å². The molecule has 1 aromatic rings. The van der Waals surface area contributed by atoms with Gasteiger partial charge in [0.15, 0.2) is 0 Å². The van der Waals surface area contributed by atoms with Crippen molar-refractivity contribution in [3.8, 4) is 0 Å². The van der Waals surface area contributed by atoms with E-state index in [1.165, 1.54) is 32.1 Å². The number of rotatable bonds is 5. The van der Waals surface area contributed by atoms with Gasteiger partial charge in [0.2, 0.25) is 0 Å². The average Bonchev–Trinajstić information content (AvgIpc) is 2.45. The lowest BCUT2D eigenvalue weighted by atomic mass is 9.80. The standard InChI is InChI=1S/C15H25N3/c1-3-9-16-14-8-10-17-15(18-14)13-7-5-6-12(4-2)11-13/h8,10,12-13H,3-7,9,11H2,1-2H3,(H,16,17,18). The molecule has 0 aliphatic heterocycles. The molecule has 2 rings (SSSR count). The normalized spacial score (nSPS) is 23.9. The summed E-state index contributed by atoms with van der Waals surface area (Å²) in [6.07, 6.45) is 9.57. The Bertz CT molecular complexity index is 365. The summed E-state index contributed by atoms with van der Waals surface area (Å²) in [5.74, 6) is 3.49. The molecule has 1 heterocycles. The summed E-state index contributed by atoms with van der Waals surface area (Å²) in [5, 5.41) is 3.35. The van der Waals surface area contributed by atoms with Gasteiger partial charge in [-0.1, -0.05) is 33.1 Å². The van der Waals surface area contributed by atoms with Crippen molar-refractivity contribution in [3.05, 3.63) is 18.1 Å². The van der Waals surface area contributed by atoms with Crippen LogP contribution in [0.4, 0.5) is 5.82 Å². The van der Waals surface area contributed by atoms with Gasteiger partial charge in [0.25, 0.3) is 0 Å². The van der Waals surface area contributed by atoms with Gasteiger partial charge in [0.05, 0.1) is 0 Å². The molecule has 0 spiro atoms. The van der Waals surface area contributed by atoms with E-state index in [0.717, 1.165) is 30.5 Å². The minimum absolute atomic E-state index is 0.576. The first-order valence-electron chi connectivity index (χ1n) is 7.40. The molecule has 0 saturated heterocycles. The Kier molecular flexibility index (Phi) is 4.97. The summed E-state index contributed by atoms with van der Waals surface area (Å²) >= 11 is 0. The van der Waals surface area contributed by atoms with Gasteiger partial charge in [-0.05, 0) is 31.2 Å². The Morgan fingerprint density at radius 2 is 2.22 bits per heavy atom. The van der Waals surface area contributed by atoms with E-state index in [1.54, 1.807) is 0 Å². The van der Waals surface area contributed by atoms with Crippen molar-refractivity contribution < 1.29 is 0 Å². The zero-order valence-electron chi connectivity index (χ0n) is 11.7. The number of hydrogen-bond acceptors (Lipinski definition) is 3. The number of hydrogen-bond donors (Lipinski definition) is 1. The smallest absolute Gasteiger partial charge is 0.133 e. The highest BCUT2D eigenvalue weighted by molar-refractivity contribution is 5.33. The summed E-state index contributed by atoms with van der Waals surface area (Å²) in [5.41, 5.74) is 0. The fourth-order valence-electron chi connectivity index (χ4n) is 2.82. The second kappa shape index (κ2) is 6.72. The third-order valence-electron chi connectivity index (χ3n) is 3.96. The van der Waals surface area contributed by atoms with Crippen molar-refractivity contribution in [2.24, 2.45) is 5.92 Å². The second-order valence-electron chi connectivity index (χ2n) is 5.36. The molecule has 0 radical (unpaired) electrons. The minimum Gasteiger partial charge on any atom is -0.370 e. The Morgan fingerprint density at radius 3 is 3.00 bits per heavy atom. The van der Waals surface area contributed by atoms with Crippen LogP contribution in [-0.2, 0) is 0 Å². The van der Waals surface area contributed by atoms with Crippen LogP contribution in [-0.4, -0.2) is 16.5 Å². The van der Waals surface area contributed by atoms with Gasteiger partial charge in [0, 0.05) is 18.7 Å². The molecule has 3 nitrogen and oxygen atoms in total. The molecule has 1 fully saturated rings. The zero-order valence-corrected chi connectivity index (χ0v) is 11.7. The van der Waals surface area contributed by atoms with Crippen LogP contribution in [0.2, 0.25) is 0 Å². The monoisotopic (exact) mass is 247 g/mol. The third kappa shape index (κ3) is 3.44. The Morgan fingerprint density at radius 1 is 1.33 bits per heavy atom. The molecule has 2 atom stereocenters. The van der Waals surface area contributed by atoms with Crippen LogP contribution < -0.4 is 5.32 Å². The number of nitrogens with zero attached hydrogens (tertiary/aromatic N) is 2. The van der Waals surface area contributed by atoms with Crippen molar-refractivity contribution in [2.45, 2.75) is 58.3 Å². The second-order valence-corrected chi connectivity index (χ2v) is 5.36. The van der Waals surface area contributed by atoms with E-state index in [9.17, 15) is 0 Å². The van der Waals surface area contributed by atoms with E-state index in [-0.39, 0.29) is 0 Å². The molecule has 1 aliphatic carbocycles. The van der Waals surface area contributed by atoms with Crippen LogP contribution >= 0.6 is 0 Å². The molecular weight excluding hydrogens is 222 g/mol. The van der Waals surface area contributed by atoms with Crippen LogP contribution in [0, 0.1) is 5.92 Å². The van der Waals surface area contributed by atoms with Crippen LogP contribution in [0.15, 0.2) is 12.3 Å². The van der Waals surface area contributed by atoms with Gasteiger partial charge < -0.3 is 5.32 Å². The van der Waals surface area contributed by atoms with Gasteiger partial charge in [-0.3, -0.25) is 0 Å². The number of nitrogens with one attached hydrogen (secondary N) is 1. The maximum absolute atomic E-state index is 4.68. The van der Waals surface area contributed by atoms with Gasteiger partial charge in [-0.15, -0.1) is 0 Å². The Hall–Kier alpha value is -1.12. The fraction of sp³-hybridized carbons (Fsp3) is 0.733. The first kappa shape index (κ1) is 13.3. The fourth-order valence-corrected chi connectivity index (χ4v) is 2.82. The molecule has 0 amide bonds. The van der Waals surface area contributed by atoms with Crippen LogP contribution in [0.3, 0.4) is 0 Å². The molecule has 0 aromatic carbocycles. The Balaban J connectivity index is 2.02. The van der Waals surface area contributed by atoms with Crippen molar-refractivity contribution in [1.82, 2.24) is 9.97 Å². The van der Waals surface area contributed by atoms with E-state index in [1.807, 2.05) is 12.3 Å². The first-order chi connectivity index (χ1) is 8.83. The topological polar surface area (TPSA) is 37.8 Å². The van der Waals surface area contributed by atoms with Crippen molar-refractivity contribution in [3.63, 3.8) is 0 Å². The summed E-state index contributed by atoms with van der Waals surface area (Å²) < 4.78 is 0. The molecule has 1 N–H and O–H groups in total. The van der Waals surface area contributed by atoms with Crippen LogP contribution in [0.1, 0.15) is 64.1 Å². The predicted octanol–water partition coefficient (Wildman–Crippen LogP) is 3.98. The summed E-state index contributed by atoms with van der Waals surface area (Å²) in [4.78, 5) is 9.17. The summed E-state index contributed by atoms with van der Waals surface area (Å²) in [6, 6.07) is 1.97. The molecule has 0 bridgehead atoms. The average molecular weight is 247 g/mol. The highest BCUT2D eigenvalue weighted by Crippen LogP contribution is 2.36. The molecule has 1 aliphatic rings. The zero-order chi connectivity index (χ0) is 12.8. The van der Waals surface area contributed by atoms with Gasteiger partial charge >= 0.3 is 0 Å². The first-order valence-corrected chi connectivity index (χ1v) is 7.40. The number of anilines is 1. The van der Waals surface area contributed by atoms with E-state index in [2.05, 4.69) is 29.1 Å². The molecule has 3 heteroatoms. The SMILES string of the molecule is CCCNc1ccnc(C2CCCC(CC)C2)n1. The maximum atomic E-state index is 4.68. The molecule has 1 aromatic heterocycles. The predicted molar refractivity (Wildman–Crippen MR) is 75.8 cm³/mol. The molecular formula is C15H25N3.